The smallest absolute Gasteiger partial charge is 0.233 e. The van der Waals surface area contributed by atoms with E-state index in [1.54, 1.807) is 13.0 Å². The molecule has 0 bridgehead atoms. The van der Waals surface area contributed by atoms with Gasteiger partial charge in [-0.05, 0) is 6.92 Å². The SMILES string of the molecule is C=CS(=O)(=O)NCc1cc(C)on1. The minimum atomic E-state index is -3.38. The first kappa shape index (κ1) is 9.94. The van der Waals surface area contributed by atoms with Crippen molar-refractivity contribution in [1.29, 1.82) is 0 Å². The maximum Gasteiger partial charge on any atom is 0.233 e. The molecule has 0 amide bonds. The number of hydrogen-bond acceptors (Lipinski definition) is 4. The fraction of sp³-hybridized carbons (Fsp3) is 0.286. The highest BCUT2D eigenvalue weighted by Gasteiger charge is 2.05. The van der Waals surface area contributed by atoms with Gasteiger partial charge in [0, 0.05) is 11.5 Å². The molecule has 0 aliphatic heterocycles. The normalized spacial score (nSPS) is 11.5. The first-order chi connectivity index (χ1) is 6.03. The highest BCUT2D eigenvalue weighted by Crippen LogP contribution is 2.01. The standard InChI is InChI=1S/C7H10N2O3S/c1-3-13(10,11)8-5-7-4-6(2)12-9-7/h3-4,8H,1,5H2,2H3. The van der Waals surface area contributed by atoms with Crippen LogP contribution in [0, 0.1) is 6.92 Å². The molecule has 1 aromatic rings. The first-order valence-corrected chi connectivity index (χ1v) is 5.12. The third-order valence-electron chi connectivity index (χ3n) is 1.35. The van der Waals surface area contributed by atoms with Crippen molar-refractivity contribution < 1.29 is 12.9 Å². The molecule has 0 aliphatic rings. The van der Waals surface area contributed by atoms with Gasteiger partial charge in [-0.1, -0.05) is 11.7 Å². The van der Waals surface area contributed by atoms with Crippen LogP contribution in [0.25, 0.3) is 0 Å². The summed E-state index contributed by atoms with van der Waals surface area (Å²) in [6, 6.07) is 1.66. The molecule has 1 rings (SSSR count). The van der Waals surface area contributed by atoms with Crippen molar-refractivity contribution in [3.8, 4) is 0 Å². The van der Waals surface area contributed by atoms with E-state index in [4.69, 9.17) is 4.52 Å². The molecule has 0 atom stereocenters. The van der Waals surface area contributed by atoms with Crippen molar-refractivity contribution in [3.63, 3.8) is 0 Å². The molecule has 1 N–H and O–H groups in total. The predicted molar refractivity (Wildman–Crippen MR) is 47.2 cm³/mol. The fourth-order valence-corrected chi connectivity index (χ4v) is 1.20. The Labute approximate surface area is 76.5 Å². The molecule has 6 heteroatoms. The summed E-state index contributed by atoms with van der Waals surface area (Å²) in [5.41, 5.74) is 0.544. The number of nitrogens with zero attached hydrogens (tertiary/aromatic N) is 1. The summed E-state index contributed by atoms with van der Waals surface area (Å²) in [6.07, 6.45) is 0. The van der Waals surface area contributed by atoms with Crippen molar-refractivity contribution in [2.75, 3.05) is 0 Å². The van der Waals surface area contributed by atoms with Crippen LogP contribution in [0.4, 0.5) is 0 Å². The maximum absolute atomic E-state index is 10.9. The third kappa shape index (κ3) is 3.00. The molecule has 0 spiro atoms. The number of hydrogen-bond donors (Lipinski definition) is 1. The summed E-state index contributed by atoms with van der Waals surface area (Å²) in [7, 11) is -3.38. The van der Waals surface area contributed by atoms with E-state index in [2.05, 4.69) is 16.5 Å². The minimum Gasteiger partial charge on any atom is -0.361 e. The van der Waals surface area contributed by atoms with Gasteiger partial charge in [-0.25, -0.2) is 13.1 Å². The van der Waals surface area contributed by atoms with Crippen LogP contribution in [0.1, 0.15) is 11.5 Å². The molecular weight excluding hydrogens is 192 g/mol. The van der Waals surface area contributed by atoms with Gasteiger partial charge in [0.1, 0.15) is 5.76 Å². The Kier molecular flexibility index (Phi) is 2.84. The average Bonchev–Trinajstić information content (AvgIpc) is 2.48. The molecule has 1 aromatic heterocycles. The van der Waals surface area contributed by atoms with E-state index in [1.165, 1.54) is 0 Å². The van der Waals surface area contributed by atoms with Gasteiger partial charge in [-0.3, -0.25) is 0 Å². The van der Waals surface area contributed by atoms with Gasteiger partial charge in [-0.2, -0.15) is 0 Å². The quantitative estimate of drug-likeness (QED) is 0.773. The van der Waals surface area contributed by atoms with Crippen LogP contribution < -0.4 is 4.72 Å². The van der Waals surface area contributed by atoms with Crippen molar-refractivity contribution in [2.24, 2.45) is 0 Å². The lowest BCUT2D eigenvalue weighted by molar-refractivity contribution is 0.390. The van der Waals surface area contributed by atoms with Gasteiger partial charge >= 0.3 is 0 Å². The summed E-state index contributed by atoms with van der Waals surface area (Å²) in [6.45, 7) is 5.01. The van der Waals surface area contributed by atoms with Gasteiger partial charge in [0.2, 0.25) is 10.0 Å². The second-order valence-corrected chi connectivity index (χ2v) is 4.17. The molecule has 0 radical (unpaired) electrons. The van der Waals surface area contributed by atoms with Crippen molar-refractivity contribution in [3.05, 3.63) is 29.5 Å². The van der Waals surface area contributed by atoms with Crippen LogP contribution in [-0.4, -0.2) is 13.6 Å². The van der Waals surface area contributed by atoms with Gasteiger partial charge < -0.3 is 4.52 Å². The Morgan fingerprint density at radius 3 is 2.92 bits per heavy atom. The predicted octanol–water partition coefficient (Wildman–Crippen LogP) is 0.546. The topological polar surface area (TPSA) is 72.2 Å². The number of rotatable bonds is 4. The van der Waals surface area contributed by atoms with E-state index >= 15 is 0 Å². The Bertz CT molecular complexity index is 394. The zero-order valence-corrected chi connectivity index (χ0v) is 7.97. The second-order valence-electron chi connectivity index (χ2n) is 2.46. The summed E-state index contributed by atoms with van der Waals surface area (Å²) in [5.74, 6) is 0.646. The molecule has 0 fully saturated rings. The number of sulfonamides is 1. The van der Waals surface area contributed by atoms with Crippen molar-refractivity contribution >= 4 is 10.0 Å². The van der Waals surface area contributed by atoms with Crippen molar-refractivity contribution in [1.82, 2.24) is 9.88 Å². The van der Waals surface area contributed by atoms with Gasteiger partial charge in [0.25, 0.3) is 0 Å². The molecule has 72 valence electrons. The van der Waals surface area contributed by atoms with Crippen LogP contribution in [-0.2, 0) is 16.6 Å². The van der Waals surface area contributed by atoms with E-state index < -0.39 is 10.0 Å². The molecule has 0 saturated heterocycles. The fourth-order valence-electron chi connectivity index (χ4n) is 0.735. The number of aryl methyl sites for hydroxylation is 1. The lowest BCUT2D eigenvalue weighted by atomic mass is 10.4. The lowest BCUT2D eigenvalue weighted by Gasteiger charge is -1.97. The summed E-state index contributed by atoms with van der Waals surface area (Å²) in [4.78, 5) is 0. The summed E-state index contributed by atoms with van der Waals surface area (Å²) < 4.78 is 28.8. The molecule has 0 aromatic carbocycles. The highest BCUT2D eigenvalue weighted by molar-refractivity contribution is 7.92. The number of aromatic nitrogens is 1. The summed E-state index contributed by atoms with van der Waals surface area (Å²) in [5, 5.41) is 4.46. The monoisotopic (exact) mass is 202 g/mol. The van der Waals surface area contributed by atoms with Gasteiger partial charge in [0.15, 0.2) is 0 Å². The van der Waals surface area contributed by atoms with E-state index in [-0.39, 0.29) is 6.54 Å². The maximum atomic E-state index is 10.9. The van der Waals surface area contributed by atoms with Crippen molar-refractivity contribution in [2.45, 2.75) is 13.5 Å². The highest BCUT2D eigenvalue weighted by atomic mass is 32.2. The molecule has 0 aliphatic carbocycles. The number of nitrogens with one attached hydrogen (secondary N) is 1. The van der Waals surface area contributed by atoms with Gasteiger partial charge in [0.05, 0.1) is 12.2 Å². The van der Waals surface area contributed by atoms with Crippen LogP contribution >= 0.6 is 0 Å². The Balaban J connectivity index is 2.58. The lowest BCUT2D eigenvalue weighted by Crippen LogP contribution is -2.20. The molecule has 0 saturated carbocycles. The summed E-state index contributed by atoms with van der Waals surface area (Å²) >= 11 is 0. The molecule has 1 heterocycles. The minimum absolute atomic E-state index is 0.117. The molecule has 5 nitrogen and oxygen atoms in total. The van der Waals surface area contributed by atoms with Crippen LogP contribution in [0.15, 0.2) is 22.6 Å². The molecule has 13 heavy (non-hydrogen) atoms. The largest absolute Gasteiger partial charge is 0.361 e. The Morgan fingerprint density at radius 2 is 2.46 bits per heavy atom. The van der Waals surface area contributed by atoms with Crippen LogP contribution in [0.2, 0.25) is 0 Å². The van der Waals surface area contributed by atoms with Crippen LogP contribution in [0.5, 0.6) is 0 Å². The second kappa shape index (κ2) is 3.71. The molecular formula is C7H10N2O3S. The van der Waals surface area contributed by atoms with E-state index in [9.17, 15) is 8.42 Å². The molecule has 0 unspecified atom stereocenters. The zero-order chi connectivity index (χ0) is 9.90. The third-order valence-corrected chi connectivity index (χ3v) is 2.34. The van der Waals surface area contributed by atoms with E-state index in [0.717, 1.165) is 5.41 Å². The Morgan fingerprint density at radius 1 is 1.77 bits per heavy atom. The van der Waals surface area contributed by atoms with E-state index in [0.29, 0.717) is 11.5 Å². The van der Waals surface area contributed by atoms with Gasteiger partial charge in [-0.15, -0.1) is 0 Å². The van der Waals surface area contributed by atoms with E-state index in [1.807, 2.05) is 0 Å². The average molecular weight is 202 g/mol. The Hall–Kier alpha value is -1.14. The zero-order valence-electron chi connectivity index (χ0n) is 7.15. The first-order valence-electron chi connectivity index (χ1n) is 3.58. The van der Waals surface area contributed by atoms with Crippen LogP contribution in [0.3, 0.4) is 0 Å².